The summed E-state index contributed by atoms with van der Waals surface area (Å²) in [5, 5.41) is 41.3. The minimum Gasteiger partial charge on any atom is -0.505 e. The molecule has 2 aliphatic rings. The van der Waals surface area contributed by atoms with E-state index in [0.29, 0.717) is 22.9 Å². The lowest BCUT2D eigenvalue weighted by Crippen LogP contribution is -2.39. The molecule has 164 valence electrons. The first-order chi connectivity index (χ1) is 15.0. The van der Waals surface area contributed by atoms with Gasteiger partial charge in [-0.25, -0.2) is 4.68 Å². The number of phenolic OH excluding ortho intramolecular Hbond substituents is 2. The molecule has 0 radical (unpaired) electrons. The van der Waals surface area contributed by atoms with Gasteiger partial charge < -0.3 is 15.1 Å². The van der Waals surface area contributed by atoms with Gasteiger partial charge in [0.1, 0.15) is 5.52 Å². The number of aryl methyl sites for hydroxylation is 1. The zero-order valence-electron chi connectivity index (χ0n) is 17.5. The van der Waals surface area contributed by atoms with Gasteiger partial charge >= 0.3 is 0 Å². The highest BCUT2D eigenvalue weighted by atomic mass is 16.6. The Bertz CT molecular complexity index is 1140. The van der Waals surface area contributed by atoms with E-state index in [9.17, 15) is 20.3 Å². The standard InChI is InChI=1S/C22H27N5O4/c28-20-16-5-4-15(27(30)31)14-17(16)21(29)19-18(20)23-24-26(19)11-3-10-25-12-8-22(9-13-25)6-1-2-7-22/h4-5,14,28-29H,1-3,6-13H2. The number of fused-ring (bicyclic) bond motifs is 2. The van der Waals surface area contributed by atoms with Crippen LogP contribution in [0, 0.1) is 15.5 Å². The molecule has 2 heterocycles. The van der Waals surface area contributed by atoms with Crippen LogP contribution in [-0.2, 0) is 6.54 Å². The molecule has 3 aromatic rings. The van der Waals surface area contributed by atoms with Crippen LogP contribution >= 0.6 is 0 Å². The third-order valence-electron chi connectivity index (χ3n) is 7.33. The van der Waals surface area contributed by atoms with Gasteiger partial charge in [-0.3, -0.25) is 10.1 Å². The van der Waals surface area contributed by atoms with Gasteiger partial charge in [0.15, 0.2) is 17.0 Å². The topological polar surface area (TPSA) is 118 Å². The second-order valence-corrected chi connectivity index (χ2v) is 9.10. The zero-order chi connectivity index (χ0) is 21.6. The third-order valence-corrected chi connectivity index (χ3v) is 7.33. The van der Waals surface area contributed by atoms with E-state index >= 15 is 0 Å². The number of aromatic nitrogens is 3. The van der Waals surface area contributed by atoms with Crippen molar-refractivity contribution in [3.63, 3.8) is 0 Å². The molecule has 9 heteroatoms. The maximum Gasteiger partial charge on any atom is 0.270 e. The fourth-order valence-corrected chi connectivity index (χ4v) is 5.49. The normalized spacial score (nSPS) is 19.0. The molecule has 0 amide bonds. The second kappa shape index (κ2) is 7.64. The van der Waals surface area contributed by atoms with Crippen LogP contribution in [0.15, 0.2) is 18.2 Å². The van der Waals surface area contributed by atoms with Crippen LogP contribution in [0.4, 0.5) is 5.69 Å². The van der Waals surface area contributed by atoms with Crippen molar-refractivity contribution in [2.75, 3.05) is 19.6 Å². The van der Waals surface area contributed by atoms with E-state index in [1.165, 1.54) is 56.7 Å². The number of nitro benzene ring substituents is 1. The maximum absolute atomic E-state index is 11.1. The van der Waals surface area contributed by atoms with E-state index < -0.39 is 4.92 Å². The van der Waals surface area contributed by atoms with Crippen LogP contribution in [0.2, 0.25) is 0 Å². The summed E-state index contributed by atoms with van der Waals surface area (Å²) in [5.74, 6) is -0.264. The minimum absolute atomic E-state index is 0.123. The Hall–Kier alpha value is -2.94. The fourth-order valence-electron chi connectivity index (χ4n) is 5.49. The first-order valence-corrected chi connectivity index (χ1v) is 11.1. The number of non-ortho nitro benzene ring substituents is 1. The molecule has 1 aliphatic carbocycles. The highest BCUT2D eigenvalue weighted by Gasteiger charge is 2.36. The Kier molecular flexibility index (Phi) is 4.92. The monoisotopic (exact) mass is 425 g/mol. The summed E-state index contributed by atoms with van der Waals surface area (Å²) in [7, 11) is 0. The van der Waals surface area contributed by atoms with Gasteiger partial charge in [0.05, 0.1) is 4.92 Å². The zero-order valence-corrected chi connectivity index (χ0v) is 17.5. The van der Waals surface area contributed by atoms with Crippen molar-refractivity contribution < 1.29 is 15.1 Å². The Morgan fingerprint density at radius 2 is 1.77 bits per heavy atom. The van der Waals surface area contributed by atoms with Gasteiger partial charge in [-0.15, -0.1) is 5.10 Å². The number of hydrogen-bond donors (Lipinski definition) is 2. The summed E-state index contributed by atoms with van der Waals surface area (Å²) >= 11 is 0. The quantitative estimate of drug-likeness (QED) is 0.361. The van der Waals surface area contributed by atoms with Gasteiger partial charge in [0.25, 0.3) is 5.69 Å². The van der Waals surface area contributed by atoms with Crippen molar-refractivity contribution in [2.45, 2.75) is 51.5 Å². The van der Waals surface area contributed by atoms with Gasteiger partial charge in [-0.05, 0) is 63.2 Å². The van der Waals surface area contributed by atoms with Crippen molar-refractivity contribution in [3.05, 3.63) is 28.3 Å². The van der Waals surface area contributed by atoms with E-state index in [2.05, 4.69) is 15.2 Å². The molecule has 2 N–H and O–H groups in total. The molecule has 2 aromatic carbocycles. The molecule has 0 bridgehead atoms. The number of rotatable bonds is 5. The molecule has 1 saturated carbocycles. The van der Waals surface area contributed by atoms with Gasteiger partial charge in [-0.1, -0.05) is 18.1 Å². The van der Waals surface area contributed by atoms with Crippen molar-refractivity contribution in [2.24, 2.45) is 5.41 Å². The van der Waals surface area contributed by atoms with Crippen LogP contribution in [0.5, 0.6) is 11.5 Å². The van der Waals surface area contributed by atoms with Crippen LogP contribution in [0.25, 0.3) is 21.8 Å². The molecule has 1 spiro atoms. The molecule has 5 rings (SSSR count). The summed E-state index contributed by atoms with van der Waals surface area (Å²) < 4.78 is 1.59. The van der Waals surface area contributed by atoms with E-state index in [-0.39, 0.29) is 28.1 Å². The lowest BCUT2D eigenvalue weighted by Gasteiger charge is -2.39. The summed E-state index contributed by atoms with van der Waals surface area (Å²) in [6.07, 6.45) is 8.97. The molecule has 0 atom stereocenters. The highest BCUT2D eigenvalue weighted by molar-refractivity contribution is 6.08. The Balaban J connectivity index is 1.33. The summed E-state index contributed by atoms with van der Waals surface area (Å²) in [4.78, 5) is 13.1. The Morgan fingerprint density at radius 3 is 2.48 bits per heavy atom. The largest absolute Gasteiger partial charge is 0.505 e. The molecule has 1 saturated heterocycles. The van der Waals surface area contributed by atoms with Crippen LogP contribution in [0.1, 0.15) is 44.9 Å². The van der Waals surface area contributed by atoms with E-state index in [4.69, 9.17) is 0 Å². The number of phenols is 2. The average Bonchev–Trinajstić information content (AvgIpc) is 3.41. The first-order valence-electron chi connectivity index (χ1n) is 11.1. The third kappa shape index (κ3) is 3.46. The van der Waals surface area contributed by atoms with Crippen molar-refractivity contribution >= 4 is 27.5 Å². The number of hydrogen-bond acceptors (Lipinski definition) is 7. The van der Waals surface area contributed by atoms with Crippen molar-refractivity contribution in [3.8, 4) is 11.5 Å². The first kappa shape index (κ1) is 20.0. The molecular weight excluding hydrogens is 398 g/mol. The number of nitro groups is 1. The van der Waals surface area contributed by atoms with Crippen LogP contribution in [0.3, 0.4) is 0 Å². The molecule has 0 unspecified atom stereocenters. The number of nitrogens with zero attached hydrogens (tertiary/aromatic N) is 5. The lowest BCUT2D eigenvalue weighted by molar-refractivity contribution is -0.384. The predicted octanol–water partition coefficient (Wildman–Crippen LogP) is 3.95. The highest BCUT2D eigenvalue weighted by Crippen LogP contribution is 2.46. The number of aromatic hydroxyl groups is 2. The maximum atomic E-state index is 11.1. The number of likely N-dealkylation sites (tertiary alicyclic amines) is 1. The van der Waals surface area contributed by atoms with Gasteiger partial charge in [-0.2, -0.15) is 0 Å². The van der Waals surface area contributed by atoms with Crippen LogP contribution in [-0.4, -0.2) is 54.7 Å². The second-order valence-electron chi connectivity index (χ2n) is 9.10. The molecule has 9 nitrogen and oxygen atoms in total. The van der Waals surface area contributed by atoms with E-state index in [0.717, 1.165) is 26.1 Å². The summed E-state index contributed by atoms with van der Waals surface area (Å²) in [6.45, 7) is 3.77. The summed E-state index contributed by atoms with van der Waals surface area (Å²) in [5.41, 5.74) is 0.978. The SMILES string of the molecule is O=[N+]([O-])c1ccc2c(O)c3nnn(CCCN4CCC5(CCCC5)CC4)c3c(O)c2c1. The molecule has 2 fully saturated rings. The lowest BCUT2D eigenvalue weighted by atomic mass is 9.77. The Morgan fingerprint density at radius 1 is 1.03 bits per heavy atom. The number of benzene rings is 2. The predicted molar refractivity (Wildman–Crippen MR) is 116 cm³/mol. The van der Waals surface area contributed by atoms with E-state index in [1.54, 1.807) is 4.68 Å². The molecule has 31 heavy (non-hydrogen) atoms. The fraction of sp³-hybridized carbons (Fsp3) is 0.545. The summed E-state index contributed by atoms with van der Waals surface area (Å²) in [6, 6.07) is 3.99. The smallest absolute Gasteiger partial charge is 0.270 e. The van der Waals surface area contributed by atoms with Crippen molar-refractivity contribution in [1.29, 1.82) is 0 Å². The van der Waals surface area contributed by atoms with Crippen LogP contribution < -0.4 is 0 Å². The van der Waals surface area contributed by atoms with Gasteiger partial charge in [0.2, 0.25) is 0 Å². The average molecular weight is 425 g/mol. The Labute approximate surface area is 179 Å². The molecule has 1 aromatic heterocycles. The molecular formula is C22H27N5O4. The van der Waals surface area contributed by atoms with Crippen molar-refractivity contribution in [1.82, 2.24) is 19.9 Å². The van der Waals surface area contributed by atoms with E-state index in [1.807, 2.05) is 0 Å². The number of piperidine rings is 1. The van der Waals surface area contributed by atoms with Gasteiger partial charge in [0, 0.05) is 29.4 Å². The minimum atomic E-state index is -0.524. The molecule has 1 aliphatic heterocycles.